The monoisotopic (exact) mass is 385 g/mol. The lowest BCUT2D eigenvalue weighted by Crippen LogP contribution is -2.43. The minimum absolute atomic E-state index is 0.0733. The third-order valence-corrected chi connectivity index (χ3v) is 6.30. The number of nitrogens with one attached hydrogen (secondary N) is 2. The summed E-state index contributed by atoms with van der Waals surface area (Å²) in [5.74, 6) is 1.92. The van der Waals surface area contributed by atoms with Crippen molar-refractivity contribution in [3.05, 3.63) is 46.3 Å². The second-order valence-corrected chi connectivity index (χ2v) is 8.66. The van der Waals surface area contributed by atoms with Gasteiger partial charge in [0.1, 0.15) is 5.82 Å². The molecule has 0 unspecified atom stereocenters. The average Bonchev–Trinajstić information content (AvgIpc) is 3.25. The van der Waals surface area contributed by atoms with Crippen LogP contribution in [0.15, 0.2) is 40.8 Å². The lowest BCUT2D eigenvalue weighted by Gasteiger charge is -2.28. The van der Waals surface area contributed by atoms with Crippen molar-refractivity contribution in [3.8, 4) is 0 Å². The van der Waals surface area contributed by atoms with Crippen LogP contribution in [0.3, 0.4) is 0 Å². The van der Waals surface area contributed by atoms with E-state index in [-0.39, 0.29) is 5.41 Å². The zero-order chi connectivity index (χ0) is 19.1. The lowest BCUT2D eigenvalue weighted by atomic mass is 9.91. The second-order valence-electron chi connectivity index (χ2n) is 7.71. The third kappa shape index (κ3) is 5.45. The number of piperidine rings is 1. The van der Waals surface area contributed by atoms with Gasteiger partial charge in [-0.3, -0.25) is 4.99 Å². The molecular formula is C21H31N5S. The van der Waals surface area contributed by atoms with Crippen molar-refractivity contribution in [2.75, 3.05) is 31.6 Å². The smallest absolute Gasteiger partial charge is 0.191 e. The van der Waals surface area contributed by atoms with Crippen LogP contribution in [0.25, 0.3) is 0 Å². The summed E-state index contributed by atoms with van der Waals surface area (Å²) in [4.78, 5) is 12.7. The molecule has 146 valence electrons. The van der Waals surface area contributed by atoms with E-state index in [1.165, 1.54) is 29.7 Å². The number of nitrogens with zero attached hydrogens (tertiary/aromatic N) is 3. The molecule has 2 aromatic heterocycles. The number of thiophene rings is 1. The molecule has 27 heavy (non-hydrogen) atoms. The van der Waals surface area contributed by atoms with Gasteiger partial charge in [0, 0.05) is 49.7 Å². The van der Waals surface area contributed by atoms with Gasteiger partial charge >= 0.3 is 0 Å². The third-order valence-electron chi connectivity index (χ3n) is 5.06. The molecule has 1 saturated heterocycles. The Hall–Kier alpha value is -2.08. The molecule has 5 nitrogen and oxygen atoms in total. The van der Waals surface area contributed by atoms with Crippen molar-refractivity contribution < 1.29 is 0 Å². The van der Waals surface area contributed by atoms with Crippen molar-refractivity contribution in [1.29, 1.82) is 0 Å². The molecule has 0 radical (unpaired) electrons. The fraction of sp³-hybridized carbons (Fsp3) is 0.524. The number of hydrogen-bond donors (Lipinski definition) is 2. The van der Waals surface area contributed by atoms with Crippen molar-refractivity contribution in [2.45, 2.75) is 45.1 Å². The van der Waals surface area contributed by atoms with Crippen molar-refractivity contribution in [2.24, 2.45) is 4.99 Å². The van der Waals surface area contributed by atoms with E-state index in [0.29, 0.717) is 0 Å². The van der Waals surface area contributed by atoms with Crippen LogP contribution in [0.4, 0.5) is 5.82 Å². The standard InChI is InChI=1S/C21H31N5S/c1-21(2,18-8-7-13-27-18)16-25-20(22-3)24-15-17-9-10-23-19(14-17)26-11-5-4-6-12-26/h7-10,13-14H,4-6,11-12,15-16H2,1-3H3,(H2,22,24,25). The number of guanidine groups is 1. The van der Waals surface area contributed by atoms with Gasteiger partial charge in [-0.05, 0) is 48.4 Å². The van der Waals surface area contributed by atoms with Gasteiger partial charge in [-0.2, -0.15) is 0 Å². The van der Waals surface area contributed by atoms with Crippen molar-refractivity contribution >= 4 is 23.1 Å². The minimum atomic E-state index is 0.0733. The molecule has 2 aromatic rings. The Labute approximate surface area is 166 Å². The van der Waals surface area contributed by atoms with E-state index < -0.39 is 0 Å². The van der Waals surface area contributed by atoms with E-state index >= 15 is 0 Å². The Bertz CT molecular complexity index is 733. The average molecular weight is 386 g/mol. The van der Waals surface area contributed by atoms with Gasteiger partial charge in [0.2, 0.25) is 0 Å². The van der Waals surface area contributed by atoms with E-state index in [0.717, 1.165) is 38.0 Å². The summed E-state index contributed by atoms with van der Waals surface area (Å²) in [5.41, 5.74) is 1.30. The molecule has 0 amide bonds. The Morgan fingerprint density at radius 2 is 2.04 bits per heavy atom. The largest absolute Gasteiger partial charge is 0.357 e. The molecule has 0 saturated carbocycles. The predicted molar refractivity (Wildman–Crippen MR) is 116 cm³/mol. The van der Waals surface area contributed by atoms with Gasteiger partial charge in [0.05, 0.1) is 0 Å². The van der Waals surface area contributed by atoms with Gasteiger partial charge in [-0.15, -0.1) is 11.3 Å². The lowest BCUT2D eigenvalue weighted by molar-refractivity contribution is 0.518. The second kappa shape index (κ2) is 9.22. The number of anilines is 1. The van der Waals surface area contributed by atoms with Gasteiger partial charge in [-0.1, -0.05) is 19.9 Å². The summed E-state index contributed by atoms with van der Waals surface area (Å²) in [6.07, 6.45) is 5.78. The first-order valence-corrected chi connectivity index (χ1v) is 10.6. The highest BCUT2D eigenvalue weighted by Gasteiger charge is 2.22. The van der Waals surface area contributed by atoms with Gasteiger partial charge in [0.25, 0.3) is 0 Å². The summed E-state index contributed by atoms with van der Waals surface area (Å²) < 4.78 is 0. The molecule has 0 aliphatic carbocycles. The summed E-state index contributed by atoms with van der Waals surface area (Å²) in [6.45, 7) is 8.32. The van der Waals surface area contributed by atoms with Crippen LogP contribution in [-0.2, 0) is 12.0 Å². The molecule has 0 bridgehead atoms. The number of aromatic nitrogens is 1. The van der Waals surface area contributed by atoms with Crippen molar-refractivity contribution in [3.63, 3.8) is 0 Å². The molecule has 3 rings (SSSR count). The quantitative estimate of drug-likeness (QED) is 0.587. The highest BCUT2D eigenvalue weighted by atomic mass is 32.1. The van der Waals surface area contributed by atoms with Crippen LogP contribution in [-0.4, -0.2) is 37.6 Å². The van der Waals surface area contributed by atoms with Gasteiger partial charge in [-0.25, -0.2) is 4.98 Å². The fourth-order valence-electron chi connectivity index (χ4n) is 3.33. The Balaban J connectivity index is 1.53. The maximum absolute atomic E-state index is 4.56. The topological polar surface area (TPSA) is 52.6 Å². The summed E-state index contributed by atoms with van der Waals surface area (Å²) >= 11 is 1.80. The highest BCUT2D eigenvalue weighted by molar-refractivity contribution is 7.10. The predicted octanol–water partition coefficient (Wildman–Crippen LogP) is 3.78. The molecule has 0 aromatic carbocycles. The molecule has 1 aliphatic rings. The van der Waals surface area contributed by atoms with Gasteiger partial charge in [0.15, 0.2) is 5.96 Å². The molecule has 3 heterocycles. The number of aliphatic imine (C=N–C) groups is 1. The van der Waals surface area contributed by atoms with Crippen molar-refractivity contribution in [1.82, 2.24) is 15.6 Å². The van der Waals surface area contributed by atoms with E-state index in [4.69, 9.17) is 0 Å². The van der Waals surface area contributed by atoms with E-state index in [1.807, 2.05) is 13.2 Å². The molecule has 2 N–H and O–H groups in total. The van der Waals surface area contributed by atoms with Crippen LogP contribution in [0.5, 0.6) is 0 Å². The first-order valence-electron chi connectivity index (χ1n) is 9.77. The first kappa shape index (κ1) is 19.7. The Morgan fingerprint density at radius 3 is 2.74 bits per heavy atom. The van der Waals surface area contributed by atoms with Gasteiger partial charge < -0.3 is 15.5 Å². The zero-order valence-electron chi connectivity index (χ0n) is 16.7. The van der Waals surface area contributed by atoms with Crippen LogP contribution < -0.4 is 15.5 Å². The first-order chi connectivity index (χ1) is 13.1. The molecule has 0 atom stereocenters. The van der Waals surface area contributed by atoms with E-state index in [1.54, 1.807) is 11.3 Å². The van der Waals surface area contributed by atoms with E-state index in [9.17, 15) is 0 Å². The normalized spacial score (nSPS) is 15.7. The maximum atomic E-state index is 4.56. The van der Waals surface area contributed by atoms with E-state index in [2.05, 4.69) is 69.0 Å². The highest BCUT2D eigenvalue weighted by Crippen LogP contribution is 2.26. The maximum Gasteiger partial charge on any atom is 0.191 e. The summed E-state index contributed by atoms with van der Waals surface area (Å²) in [6, 6.07) is 8.57. The zero-order valence-corrected chi connectivity index (χ0v) is 17.5. The fourth-order valence-corrected chi connectivity index (χ4v) is 4.18. The molecule has 1 fully saturated rings. The minimum Gasteiger partial charge on any atom is -0.357 e. The molecule has 0 spiro atoms. The Morgan fingerprint density at radius 1 is 1.22 bits per heavy atom. The summed E-state index contributed by atoms with van der Waals surface area (Å²) in [7, 11) is 1.82. The van der Waals surface area contributed by atoms with Crippen LogP contribution in [0.2, 0.25) is 0 Å². The number of hydrogen-bond acceptors (Lipinski definition) is 4. The number of pyridine rings is 1. The summed E-state index contributed by atoms with van der Waals surface area (Å²) in [5, 5.41) is 9.03. The molecule has 1 aliphatic heterocycles. The molecule has 6 heteroatoms. The SMILES string of the molecule is CN=C(NCc1ccnc(N2CCCCC2)c1)NCC(C)(C)c1cccs1. The van der Waals surface area contributed by atoms with Crippen LogP contribution >= 0.6 is 11.3 Å². The van der Waals surface area contributed by atoms with Crippen LogP contribution in [0, 0.1) is 0 Å². The Kier molecular flexibility index (Phi) is 6.72. The molecular weight excluding hydrogens is 354 g/mol. The number of rotatable bonds is 6. The van der Waals surface area contributed by atoms with Crippen LogP contribution in [0.1, 0.15) is 43.6 Å².